The number of amides is 2. The highest BCUT2D eigenvalue weighted by atomic mass is 19.1. The largest absolute Gasteiger partial charge is 0.450 e. The number of nitrogens with zero attached hydrogens (tertiary/aromatic N) is 5. The summed E-state index contributed by atoms with van der Waals surface area (Å²) in [5.74, 6) is 0.459. The van der Waals surface area contributed by atoms with Gasteiger partial charge in [-0.25, -0.2) is 24.1 Å². The van der Waals surface area contributed by atoms with Crippen molar-refractivity contribution in [2.45, 2.75) is 39.0 Å². The molecule has 0 spiro atoms. The number of aromatic amines is 1. The highest BCUT2D eigenvalue weighted by Crippen LogP contribution is 2.36. The zero-order valence-corrected chi connectivity index (χ0v) is 25.5. The van der Waals surface area contributed by atoms with Crippen LogP contribution in [0.3, 0.4) is 0 Å². The van der Waals surface area contributed by atoms with Gasteiger partial charge in [-0.2, -0.15) is 0 Å². The van der Waals surface area contributed by atoms with Crippen LogP contribution < -0.4 is 5.32 Å². The molecule has 0 aliphatic carbocycles. The van der Waals surface area contributed by atoms with Gasteiger partial charge in [0.25, 0.3) is 0 Å². The van der Waals surface area contributed by atoms with Crippen molar-refractivity contribution in [3.63, 3.8) is 0 Å². The van der Waals surface area contributed by atoms with Crippen molar-refractivity contribution in [1.29, 1.82) is 0 Å². The number of halogens is 1. The summed E-state index contributed by atoms with van der Waals surface area (Å²) in [6, 6.07) is 7.89. The minimum atomic E-state index is -0.840. The summed E-state index contributed by atoms with van der Waals surface area (Å²) in [4.78, 5) is 46.1. The average Bonchev–Trinajstić information content (AvgIpc) is 3.52. The predicted molar refractivity (Wildman–Crippen MR) is 160 cm³/mol. The number of benzene rings is 1. The SMILES string of the molecule is CCOC(=O)N1CCC(Nc2nccc(-c3[nH]c(C4OCC(C)(C(=O)N5CCOCC5)CO4)nc3-c3ccc(F)cc3)n2)CC1. The number of hydrogen-bond donors (Lipinski definition) is 2. The molecule has 14 heteroatoms. The highest BCUT2D eigenvalue weighted by molar-refractivity contribution is 5.83. The fourth-order valence-corrected chi connectivity index (χ4v) is 5.71. The number of rotatable bonds is 7. The molecule has 240 valence electrons. The summed E-state index contributed by atoms with van der Waals surface area (Å²) in [5, 5.41) is 3.39. The molecule has 3 aromatic rings. The number of H-pyrrole nitrogens is 1. The molecule has 0 saturated carbocycles. The van der Waals surface area contributed by atoms with Crippen molar-refractivity contribution in [3.8, 4) is 22.6 Å². The van der Waals surface area contributed by atoms with E-state index in [2.05, 4.69) is 15.3 Å². The van der Waals surface area contributed by atoms with Gasteiger partial charge in [0.05, 0.1) is 55.5 Å². The van der Waals surface area contributed by atoms with Gasteiger partial charge in [-0.3, -0.25) is 4.79 Å². The summed E-state index contributed by atoms with van der Waals surface area (Å²) in [6.45, 7) is 7.58. The van der Waals surface area contributed by atoms with Crippen molar-refractivity contribution in [1.82, 2.24) is 29.7 Å². The van der Waals surface area contributed by atoms with Crippen molar-refractivity contribution >= 4 is 17.9 Å². The third-order valence-corrected chi connectivity index (χ3v) is 8.25. The van der Waals surface area contributed by atoms with Gasteiger partial charge in [0.2, 0.25) is 18.1 Å². The zero-order valence-electron chi connectivity index (χ0n) is 25.5. The van der Waals surface area contributed by atoms with Crippen molar-refractivity contribution in [2.75, 3.05) is 64.5 Å². The molecular weight excluding hydrogens is 585 g/mol. The van der Waals surface area contributed by atoms with Gasteiger partial charge >= 0.3 is 6.09 Å². The molecule has 1 aromatic carbocycles. The number of ether oxygens (including phenoxy) is 4. The summed E-state index contributed by atoms with van der Waals surface area (Å²) in [6.07, 6.45) is 1.98. The van der Waals surface area contributed by atoms with Crippen LogP contribution in [0.4, 0.5) is 15.1 Å². The standard InChI is InChI=1S/C31H38FN7O6/c1-3-43-30(41)39-12-9-22(10-13-39)34-29-33-11-8-23(35-29)25-24(20-4-6-21(32)7-5-20)36-26(37-25)27-44-18-31(2,19-45-27)28(40)38-14-16-42-17-15-38/h4-8,11,22,27H,3,9-10,12-19H2,1-2H3,(H,36,37)(H,33,34,35). The van der Waals surface area contributed by atoms with Crippen molar-refractivity contribution in [2.24, 2.45) is 5.41 Å². The number of anilines is 1. The van der Waals surface area contributed by atoms with Gasteiger partial charge in [0.1, 0.15) is 5.82 Å². The minimum absolute atomic E-state index is 0.0241. The van der Waals surface area contributed by atoms with E-state index < -0.39 is 11.7 Å². The topological polar surface area (TPSA) is 144 Å². The third kappa shape index (κ3) is 6.92. The minimum Gasteiger partial charge on any atom is -0.450 e. The fourth-order valence-electron chi connectivity index (χ4n) is 5.71. The molecule has 2 N–H and O–H groups in total. The Morgan fingerprint density at radius 1 is 1.04 bits per heavy atom. The molecule has 45 heavy (non-hydrogen) atoms. The second-order valence-electron chi connectivity index (χ2n) is 11.6. The Morgan fingerprint density at radius 3 is 2.44 bits per heavy atom. The van der Waals surface area contributed by atoms with Crippen LogP contribution in [0.2, 0.25) is 0 Å². The molecule has 13 nitrogen and oxygen atoms in total. The number of nitrogens with one attached hydrogen (secondary N) is 2. The Balaban J connectivity index is 1.19. The van der Waals surface area contributed by atoms with Gasteiger partial charge in [0.15, 0.2) is 5.82 Å². The van der Waals surface area contributed by atoms with Gasteiger partial charge in [-0.15, -0.1) is 0 Å². The van der Waals surface area contributed by atoms with Crippen LogP contribution >= 0.6 is 0 Å². The van der Waals surface area contributed by atoms with Gasteiger partial charge < -0.3 is 39.0 Å². The molecule has 0 radical (unpaired) electrons. The number of carbonyl (C=O) groups excluding carboxylic acids is 2. The van der Waals surface area contributed by atoms with Crippen LogP contribution in [0.1, 0.15) is 38.8 Å². The Hall–Kier alpha value is -4.14. The first kappa shape index (κ1) is 30.9. The normalized spacial score (nSPS) is 22.7. The van der Waals surface area contributed by atoms with E-state index in [1.807, 2.05) is 6.92 Å². The number of imidazole rings is 1. The molecule has 3 aliphatic rings. The Kier molecular flexibility index (Phi) is 9.24. The quantitative estimate of drug-likeness (QED) is 0.401. The second kappa shape index (κ2) is 13.5. The zero-order chi connectivity index (χ0) is 31.4. The van der Waals surface area contributed by atoms with E-state index in [0.717, 1.165) is 12.8 Å². The monoisotopic (exact) mass is 623 g/mol. The summed E-state index contributed by atoms with van der Waals surface area (Å²) in [7, 11) is 0. The van der Waals surface area contributed by atoms with E-state index in [0.29, 0.717) is 80.4 Å². The summed E-state index contributed by atoms with van der Waals surface area (Å²) >= 11 is 0. The molecule has 0 unspecified atom stereocenters. The lowest BCUT2D eigenvalue weighted by atomic mass is 9.90. The van der Waals surface area contributed by atoms with Gasteiger partial charge in [0, 0.05) is 44.0 Å². The van der Waals surface area contributed by atoms with Crippen LogP contribution in [-0.2, 0) is 23.7 Å². The number of likely N-dealkylation sites (tertiary alicyclic amines) is 1. The van der Waals surface area contributed by atoms with E-state index in [-0.39, 0.29) is 37.1 Å². The molecule has 3 saturated heterocycles. The fraction of sp³-hybridized carbons (Fsp3) is 0.516. The molecule has 2 amide bonds. The van der Waals surface area contributed by atoms with Crippen molar-refractivity contribution < 1.29 is 32.9 Å². The van der Waals surface area contributed by atoms with E-state index in [4.69, 9.17) is 28.9 Å². The number of aromatic nitrogens is 4. The summed E-state index contributed by atoms with van der Waals surface area (Å²) < 4.78 is 36.5. The average molecular weight is 624 g/mol. The maximum absolute atomic E-state index is 13.8. The number of morpholine rings is 1. The molecule has 3 fully saturated rings. The van der Waals surface area contributed by atoms with Crippen LogP contribution in [-0.4, -0.2) is 107 Å². The predicted octanol–water partition coefficient (Wildman–Crippen LogP) is 3.62. The number of hydrogen-bond acceptors (Lipinski definition) is 10. The molecule has 0 bridgehead atoms. The smallest absolute Gasteiger partial charge is 0.409 e. The molecule has 6 rings (SSSR count). The lowest BCUT2D eigenvalue weighted by Gasteiger charge is -2.39. The van der Waals surface area contributed by atoms with Crippen LogP contribution in [0.5, 0.6) is 0 Å². The van der Waals surface area contributed by atoms with Crippen molar-refractivity contribution in [3.05, 3.63) is 48.2 Å². The number of carbonyl (C=O) groups is 2. The van der Waals surface area contributed by atoms with E-state index in [1.54, 1.807) is 41.1 Å². The second-order valence-corrected chi connectivity index (χ2v) is 11.6. The molecule has 0 atom stereocenters. The molecule has 3 aliphatic heterocycles. The number of piperidine rings is 1. The van der Waals surface area contributed by atoms with Gasteiger partial charge in [-0.1, -0.05) is 0 Å². The van der Waals surface area contributed by atoms with E-state index in [9.17, 15) is 14.0 Å². The molecule has 5 heterocycles. The Morgan fingerprint density at radius 2 is 1.76 bits per heavy atom. The van der Waals surface area contributed by atoms with E-state index >= 15 is 0 Å². The summed E-state index contributed by atoms with van der Waals surface area (Å²) in [5.41, 5.74) is 1.54. The van der Waals surface area contributed by atoms with E-state index in [1.165, 1.54) is 12.1 Å². The first-order valence-corrected chi connectivity index (χ1v) is 15.3. The maximum atomic E-state index is 13.8. The van der Waals surface area contributed by atoms with Gasteiger partial charge in [-0.05, 0) is 57.0 Å². The third-order valence-electron chi connectivity index (χ3n) is 8.25. The van der Waals surface area contributed by atoms with Crippen LogP contribution in [0.25, 0.3) is 22.6 Å². The lowest BCUT2D eigenvalue weighted by molar-refractivity contribution is -0.235. The Labute approximate surface area is 260 Å². The van der Waals surface area contributed by atoms with Crippen LogP contribution in [0, 0.1) is 11.2 Å². The first-order chi connectivity index (χ1) is 21.8. The maximum Gasteiger partial charge on any atom is 0.409 e. The lowest BCUT2D eigenvalue weighted by Crippen LogP contribution is -2.53. The Bertz CT molecular complexity index is 1480. The molecule has 2 aromatic heterocycles. The highest BCUT2D eigenvalue weighted by Gasteiger charge is 2.43. The van der Waals surface area contributed by atoms with Crippen LogP contribution in [0.15, 0.2) is 36.5 Å². The molecular formula is C31H38FN7O6. The first-order valence-electron chi connectivity index (χ1n) is 15.3.